The lowest BCUT2D eigenvalue weighted by atomic mass is 10.2. The molecule has 1 heterocycles. The zero-order valence-electron chi connectivity index (χ0n) is 11.8. The van der Waals surface area contributed by atoms with E-state index >= 15 is 0 Å². The molecule has 20 heavy (non-hydrogen) atoms. The molecule has 8 nitrogen and oxygen atoms in total. The van der Waals surface area contributed by atoms with E-state index in [0.29, 0.717) is 6.54 Å². The summed E-state index contributed by atoms with van der Waals surface area (Å²) in [6, 6.07) is -1.63. The van der Waals surface area contributed by atoms with Crippen molar-refractivity contribution in [2.75, 3.05) is 13.7 Å². The number of carboxylic acid groups (broad SMARTS) is 1. The summed E-state index contributed by atoms with van der Waals surface area (Å²) in [5, 5.41) is 18.1. The van der Waals surface area contributed by atoms with Crippen LogP contribution in [0.1, 0.15) is 18.2 Å². The molecule has 0 saturated carbocycles. The van der Waals surface area contributed by atoms with Gasteiger partial charge < -0.3 is 20.5 Å². The fraction of sp³-hybridized carbons (Fsp3) is 0.583. The standard InChI is InChI=1S/C12H20N4O4/c1-4-9-8(6-16(2)15-9)5-13-12(19)14-10(7-20-3)11(17)18/h6,10H,4-5,7H2,1-3H3,(H,17,18)(H2,13,14,19). The smallest absolute Gasteiger partial charge is 0.328 e. The Bertz CT molecular complexity index is 472. The Hall–Kier alpha value is -2.09. The molecule has 0 aromatic carbocycles. The quantitative estimate of drug-likeness (QED) is 0.647. The first-order valence-corrected chi connectivity index (χ1v) is 6.25. The number of aryl methyl sites for hydroxylation is 2. The maximum atomic E-state index is 11.6. The second kappa shape index (κ2) is 7.49. The molecule has 112 valence electrons. The Morgan fingerprint density at radius 3 is 2.80 bits per heavy atom. The molecule has 0 saturated heterocycles. The van der Waals surface area contributed by atoms with Crippen LogP contribution in [-0.4, -0.2) is 46.6 Å². The number of nitrogens with one attached hydrogen (secondary N) is 2. The first-order valence-electron chi connectivity index (χ1n) is 6.25. The molecule has 0 radical (unpaired) electrons. The Balaban J connectivity index is 2.52. The SMILES string of the molecule is CCc1nn(C)cc1CNC(=O)NC(COC)C(=O)O. The number of hydrogen-bond donors (Lipinski definition) is 3. The van der Waals surface area contributed by atoms with Crippen LogP contribution >= 0.6 is 0 Å². The highest BCUT2D eigenvalue weighted by atomic mass is 16.5. The van der Waals surface area contributed by atoms with Crippen molar-refractivity contribution in [3.05, 3.63) is 17.5 Å². The number of carbonyl (C=O) groups excluding carboxylic acids is 1. The van der Waals surface area contributed by atoms with Gasteiger partial charge in [0.25, 0.3) is 0 Å². The molecule has 0 aliphatic heterocycles. The predicted octanol–water partition coefficient (Wildman–Crippen LogP) is -0.119. The van der Waals surface area contributed by atoms with Gasteiger partial charge in [0.15, 0.2) is 6.04 Å². The summed E-state index contributed by atoms with van der Waals surface area (Å²) in [6.45, 7) is 2.18. The number of carboxylic acids is 1. The molecule has 1 aromatic heterocycles. The Morgan fingerprint density at radius 1 is 1.55 bits per heavy atom. The summed E-state index contributed by atoms with van der Waals surface area (Å²) >= 11 is 0. The van der Waals surface area contributed by atoms with Crippen molar-refractivity contribution in [3.8, 4) is 0 Å². The third kappa shape index (κ3) is 4.54. The van der Waals surface area contributed by atoms with E-state index in [1.54, 1.807) is 4.68 Å². The van der Waals surface area contributed by atoms with Gasteiger partial charge in [0.05, 0.1) is 12.3 Å². The van der Waals surface area contributed by atoms with Crippen molar-refractivity contribution in [2.45, 2.75) is 25.9 Å². The monoisotopic (exact) mass is 284 g/mol. The Labute approximate surface area is 117 Å². The van der Waals surface area contributed by atoms with Crippen molar-refractivity contribution in [1.29, 1.82) is 0 Å². The van der Waals surface area contributed by atoms with Crippen molar-refractivity contribution < 1.29 is 19.4 Å². The van der Waals surface area contributed by atoms with Gasteiger partial charge >= 0.3 is 12.0 Å². The van der Waals surface area contributed by atoms with Crippen LogP contribution < -0.4 is 10.6 Å². The van der Waals surface area contributed by atoms with Crippen molar-refractivity contribution in [3.63, 3.8) is 0 Å². The largest absolute Gasteiger partial charge is 0.480 e. The minimum absolute atomic E-state index is 0.0874. The van der Waals surface area contributed by atoms with Gasteiger partial charge in [0.2, 0.25) is 0 Å². The minimum atomic E-state index is -1.14. The molecule has 2 amide bonds. The van der Waals surface area contributed by atoms with Crippen molar-refractivity contribution >= 4 is 12.0 Å². The Morgan fingerprint density at radius 2 is 2.25 bits per heavy atom. The van der Waals surface area contributed by atoms with E-state index in [-0.39, 0.29) is 6.61 Å². The molecule has 1 atom stereocenters. The zero-order chi connectivity index (χ0) is 15.1. The molecule has 1 unspecified atom stereocenters. The molecule has 8 heteroatoms. The molecule has 3 N–H and O–H groups in total. The number of aromatic nitrogens is 2. The second-order valence-electron chi connectivity index (χ2n) is 4.30. The van der Waals surface area contributed by atoms with Crippen LogP contribution in [0.25, 0.3) is 0 Å². The molecular weight excluding hydrogens is 264 g/mol. The van der Waals surface area contributed by atoms with Crippen LogP contribution in [0.4, 0.5) is 4.79 Å². The number of rotatable bonds is 7. The number of amides is 2. The number of nitrogens with zero attached hydrogens (tertiary/aromatic N) is 2. The van der Waals surface area contributed by atoms with Crippen LogP contribution in [0.15, 0.2) is 6.20 Å². The van der Waals surface area contributed by atoms with E-state index in [1.165, 1.54) is 7.11 Å². The number of urea groups is 1. The highest BCUT2D eigenvalue weighted by molar-refractivity contribution is 5.82. The molecule has 0 aliphatic rings. The van der Waals surface area contributed by atoms with Gasteiger partial charge in [-0.15, -0.1) is 0 Å². The molecule has 1 aromatic rings. The van der Waals surface area contributed by atoms with Gasteiger partial charge in [-0.3, -0.25) is 4.68 Å². The number of ether oxygens (including phenoxy) is 1. The summed E-state index contributed by atoms with van der Waals surface area (Å²) in [4.78, 5) is 22.5. The molecular formula is C12H20N4O4. The van der Waals surface area contributed by atoms with Gasteiger partial charge in [-0.1, -0.05) is 6.92 Å². The van der Waals surface area contributed by atoms with Gasteiger partial charge in [0, 0.05) is 32.5 Å². The normalized spacial score (nSPS) is 11.9. The van der Waals surface area contributed by atoms with Crippen LogP contribution in [-0.2, 0) is 29.5 Å². The average Bonchev–Trinajstić information content (AvgIpc) is 2.76. The summed E-state index contributed by atoms with van der Waals surface area (Å²) in [5.41, 5.74) is 1.81. The second-order valence-corrected chi connectivity index (χ2v) is 4.30. The molecule has 1 rings (SSSR count). The lowest BCUT2D eigenvalue weighted by Crippen LogP contribution is -2.48. The van der Waals surface area contributed by atoms with E-state index in [1.807, 2.05) is 20.2 Å². The first kappa shape index (κ1) is 16.0. The van der Waals surface area contributed by atoms with Crippen LogP contribution in [0.2, 0.25) is 0 Å². The number of methoxy groups -OCH3 is 1. The fourth-order valence-electron chi connectivity index (χ4n) is 1.76. The van der Waals surface area contributed by atoms with E-state index in [9.17, 15) is 9.59 Å². The van der Waals surface area contributed by atoms with Crippen molar-refractivity contribution in [2.24, 2.45) is 7.05 Å². The Kier molecular flexibility index (Phi) is 5.98. The summed E-state index contributed by atoms with van der Waals surface area (Å²) < 4.78 is 6.41. The number of hydrogen-bond acceptors (Lipinski definition) is 4. The molecule has 0 fully saturated rings. The van der Waals surface area contributed by atoms with Crippen LogP contribution in [0.3, 0.4) is 0 Å². The first-order chi connectivity index (χ1) is 9.47. The van der Waals surface area contributed by atoms with Gasteiger partial charge in [-0.2, -0.15) is 5.10 Å². The van der Waals surface area contributed by atoms with Gasteiger partial charge in [0.1, 0.15) is 0 Å². The van der Waals surface area contributed by atoms with Crippen molar-refractivity contribution in [1.82, 2.24) is 20.4 Å². The molecule has 0 spiro atoms. The van der Waals surface area contributed by atoms with E-state index < -0.39 is 18.0 Å². The molecule has 0 bridgehead atoms. The highest BCUT2D eigenvalue weighted by Gasteiger charge is 2.19. The maximum Gasteiger partial charge on any atom is 0.328 e. The number of aliphatic carboxylic acids is 1. The molecule has 0 aliphatic carbocycles. The lowest BCUT2D eigenvalue weighted by molar-refractivity contribution is -0.140. The summed E-state index contributed by atoms with van der Waals surface area (Å²) in [5.74, 6) is -1.14. The van der Waals surface area contributed by atoms with E-state index in [0.717, 1.165) is 17.7 Å². The predicted molar refractivity (Wildman–Crippen MR) is 71.3 cm³/mol. The maximum absolute atomic E-state index is 11.6. The third-order valence-corrected chi connectivity index (χ3v) is 2.70. The lowest BCUT2D eigenvalue weighted by Gasteiger charge is -2.14. The van der Waals surface area contributed by atoms with Crippen LogP contribution in [0.5, 0.6) is 0 Å². The summed E-state index contributed by atoms with van der Waals surface area (Å²) in [7, 11) is 3.18. The van der Waals surface area contributed by atoms with Gasteiger partial charge in [-0.05, 0) is 6.42 Å². The van der Waals surface area contributed by atoms with E-state index in [4.69, 9.17) is 9.84 Å². The number of carbonyl (C=O) groups is 2. The topological polar surface area (TPSA) is 105 Å². The zero-order valence-corrected chi connectivity index (χ0v) is 11.8. The third-order valence-electron chi connectivity index (χ3n) is 2.70. The average molecular weight is 284 g/mol. The van der Waals surface area contributed by atoms with E-state index in [2.05, 4.69) is 15.7 Å². The van der Waals surface area contributed by atoms with Crippen LogP contribution in [0, 0.1) is 0 Å². The summed E-state index contributed by atoms with van der Waals surface area (Å²) in [6.07, 6.45) is 2.59. The highest BCUT2D eigenvalue weighted by Crippen LogP contribution is 2.06. The fourth-order valence-corrected chi connectivity index (χ4v) is 1.76. The van der Waals surface area contributed by atoms with Gasteiger partial charge in [-0.25, -0.2) is 9.59 Å². The minimum Gasteiger partial charge on any atom is -0.480 e.